The third-order valence-corrected chi connectivity index (χ3v) is 2.54. The van der Waals surface area contributed by atoms with Crippen LogP contribution in [-0.4, -0.2) is 9.66 Å². The molecule has 1 aromatic carbocycles. The summed E-state index contributed by atoms with van der Waals surface area (Å²) in [4.78, 5) is 4.05. The van der Waals surface area contributed by atoms with E-state index >= 15 is 0 Å². The molecule has 1 heterocycles. The van der Waals surface area contributed by atoms with Crippen molar-refractivity contribution in [1.82, 2.24) is 9.66 Å². The minimum atomic E-state index is -0.711. The van der Waals surface area contributed by atoms with E-state index in [0.29, 0.717) is 12.2 Å². The molecule has 0 aliphatic rings. The van der Waals surface area contributed by atoms with Gasteiger partial charge >= 0.3 is 0 Å². The van der Waals surface area contributed by atoms with E-state index in [1.807, 2.05) is 6.92 Å². The van der Waals surface area contributed by atoms with E-state index in [9.17, 15) is 8.78 Å². The molecule has 17 heavy (non-hydrogen) atoms. The van der Waals surface area contributed by atoms with Crippen molar-refractivity contribution < 1.29 is 8.78 Å². The second kappa shape index (κ2) is 4.04. The summed E-state index contributed by atoms with van der Waals surface area (Å²) >= 11 is 0. The quantitative estimate of drug-likeness (QED) is 0.782. The predicted octanol–water partition coefficient (Wildman–Crippen LogP) is 1.69. The lowest BCUT2D eigenvalue weighted by atomic mass is 10.1. The third-order valence-electron chi connectivity index (χ3n) is 2.54. The molecule has 0 aliphatic heterocycles. The smallest absolute Gasteiger partial charge is 0.151 e. The van der Waals surface area contributed by atoms with Crippen molar-refractivity contribution in [2.24, 2.45) is 0 Å². The van der Waals surface area contributed by atoms with Crippen molar-refractivity contribution >= 4 is 5.82 Å². The number of nitrogens with two attached hydrogens (primary N) is 2. The van der Waals surface area contributed by atoms with Crippen molar-refractivity contribution in [3.63, 3.8) is 0 Å². The van der Waals surface area contributed by atoms with Gasteiger partial charge in [-0.05, 0) is 12.1 Å². The SMILES string of the molecule is CCc1nc(-c2c(F)cccc2F)c(N)n1N. The summed E-state index contributed by atoms with van der Waals surface area (Å²) in [5.74, 6) is 4.73. The summed E-state index contributed by atoms with van der Waals surface area (Å²) in [5.41, 5.74) is 5.49. The number of rotatable bonds is 2. The number of halogens is 2. The van der Waals surface area contributed by atoms with E-state index in [1.54, 1.807) is 0 Å². The molecule has 2 aromatic rings. The van der Waals surface area contributed by atoms with E-state index in [1.165, 1.54) is 6.07 Å². The highest BCUT2D eigenvalue weighted by Crippen LogP contribution is 2.29. The largest absolute Gasteiger partial charge is 0.382 e. The average molecular weight is 238 g/mol. The molecule has 0 atom stereocenters. The second-order valence-corrected chi connectivity index (χ2v) is 3.58. The van der Waals surface area contributed by atoms with Gasteiger partial charge in [-0.2, -0.15) is 0 Å². The van der Waals surface area contributed by atoms with Crippen LogP contribution >= 0.6 is 0 Å². The van der Waals surface area contributed by atoms with Crippen LogP contribution in [0.4, 0.5) is 14.6 Å². The number of nitrogen functional groups attached to an aromatic ring is 2. The zero-order valence-electron chi connectivity index (χ0n) is 9.24. The van der Waals surface area contributed by atoms with Gasteiger partial charge in [0.05, 0.1) is 5.56 Å². The number of nitrogens with zero attached hydrogens (tertiary/aromatic N) is 2. The van der Waals surface area contributed by atoms with E-state index in [4.69, 9.17) is 11.6 Å². The van der Waals surface area contributed by atoms with Crippen molar-refractivity contribution in [1.29, 1.82) is 0 Å². The lowest BCUT2D eigenvalue weighted by molar-refractivity contribution is 0.589. The number of aromatic nitrogens is 2. The number of anilines is 1. The maximum atomic E-state index is 13.6. The number of hydrogen-bond acceptors (Lipinski definition) is 3. The van der Waals surface area contributed by atoms with Gasteiger partial charge < -0.3 is 11.6 Å². The van der Waals surface area contributed by atoms with Gasteiger partial charge in [0.25, 0.3) is 0 Å². The summed E-state index contributed by atoms with van der Waals surface area (Å²) in [7, 11) is 0. The van der Waals surface area contributed by atoms with Crippen LogP contribution in [0.1, 0.15) is 12.7 Å². The molecule has 1 aromatic heterocycles. The Kier molecular flexibility index (Phi) is 2.71. The average Bonchev–Trinajstić information content (AvgIpc) is 2.57. The highest BCUT2D eigenvalue weighted by atomic mass is 19.1. The van der Waals surface area contributed by atoms with Gasteiger partial charge in [0.15, 0.2) is 5.82 Å². The minimum Gasteiger partial charge on any atom is -0.382 e. The summed E-state index contributed by atoms with van der Waals surface area (Å²) in [6.45, 7) is 1.83. The Morgan fingerprint density at radius 1 is 1.29 bits per heavy atom. The molecule has 0 radical (unpaired) electrons. The lowest BCUT2D eigenvalue weighted by Crippen LogP contribution is -2.14. The fraction of sp³-hybridized carbons (Fsp3) is 0.182. The van der Waals surface area contributed by atoms with Crippen LogP contribution in [0.25, 0.3) is 11.3 Å². The minimum absolute atomic E-state index is 0.0416. The van der Waals surface area contributed by atoms with Gasteiger partial charge in [0.2, 0.25) is 0 Å². The Labute approximate surface area is 96.8 Å². The van der Waals surface area contributed by atoms with E-state index < -0.39 is 11.6 Å². The molecule has 4 nitrogen and oxygen atoms in total. The molecule has 0 unspecified atom stereocenters. The maximum Gasteiger partial charge on any atom is 0.151 e. The molecular weight excluding hydrogens is 226 g/mol. The second-order valence-electron chi connectivity index (χ2n) is 3.58. The zero-order valence-corrected chi connectivity index (χ0v) is 9.24. The first-order valence-electron chi connectivity index (χ1n) is 5.12. The molecular formula is C11H12F2N4. The highest BCUT2D eigenvalue weighted by Gasteiger charge is 2.19. The first-order valence-corrected chi connectivity index (χ1v) is 5.12. The van der Waals surface area contributed by atoms with E-state index in [2.05, 4.69) is 4.98 Å². The van der Waals surface area contributed by atoms with Crippen molar-refractivity contribution in [3.8, 4) is 11.3 Å². The molecule has 0 fully saturated rings. The zero-order chi connectivity index (χ0) is 12.6. The normalized spacial score (nSPS) is 10.8. The Balaban J connectivity index is 2.69. The van der Waals surface area contributed by atoms with Crippen LogP contribution in [-0.2, 0) is 6.42 Å². The molecule has 6 heteroatoms. The first-order chi connectivity index (χ1) is 8.06. The lowest BCUT2D eigenvalue weighted by Gasteiger charge is -2.03. The van der Waals surface area contributed by atoms with Crippen LogP contribution in [0.2, 0.25) is 0 Å². The molecule has 0 amide bonds. The van der Waals surface area contributed by atoms with Gasteiger partial charge in [-0.1, -0.05) is 13.0 Å². The standard InChI is InChI=1S/C11H12F2N4/c1-2-8-16-10(11(14)17(8)15)9-6(12)4-3-5-7(9)13/h3-5H,2,14-15H2,1H3. The van der Waals surface area contributed by atoms with Crippen molar-refractivity contribution in [2.45, 2.75) is 13.3 Å². The van der Waals surface area contributed by atoms with E-state index in [0.717, 1.165) is 16.8 Å². The van der Waals surface area contributed by atoms with Crippen LogP contribution in [0, 0.1) is 11.6 Å². The van der Waals surface area contributed by atoms with Gasteiger partial charge in [-0.3, -0.25) is 0 Å². The third kappa shape index (κ3) is 1.71. The maximum absolute atomic E-state index is 13.6. The topological polar surface area (TPSA) is 69.9 Å². The molecule has 2 rings (SSSR count). The fourth-order valence-corrected chi connectivity index (χ4v) is 1.65. The first kappa shape index (κ1) is 11.4. The molecule has 4 N–H and O–H groups in total. The van der Waals surface area contributed by atoms with Crippen LogP contribution < -0.4 is 11.6 Å². The van der Waals surface area contributed by atoms with Gasteiger partial charge in [-0.15, -0.1) is 0 Å². The number of aryl methyl sites for hydroxylation is 1. The Morgan fingerprint density at radius 3 is 2.35 bits per heavy atom. The van der Waals surface area contributed by atoms with Crippen molar-refractivity contribution in [3.05, 3.63) is 35.7 Å². The molecule has 0 saturated carbocycles. The molecule has 90 valence electrons. The Hall–Kier alpha value is -2.11. The highest BCUT2D eigenvalue weighted by molar-refractivity contribution is 5.72. The van der Waals surface area contributed by atoms with Gasteiger partial charge in [0, 0.05) is 6.42 Å². The number of benzene rings is 1. The number of imidazole rings is 1. The fourth-order valence-electron chi connectivity index (χ4n) is 1.65. The molecule has 0 bridgehead atoms. The van der Waals surface area contributed by atoms with Gasteiger partial charge in [-0.25, -0.2) is 18.4 Å². The van der Waals surface area contributed by atoms with Crippen LogP contribution in [0.15, 0.2) is 18.2 Å². The molecule has 0 saturated heterocycles. The summed E-state index contributed by atoms with van der Waals surface area (Å²) in [6.07, 6.45) is 0.525. The molecule has 0 aliphatic carbocycles. The van der Waals surface area contributed by atoms with Crippen LogP contribution in [0.5, 0.6) is 0 Å². The Morgan fingerprint density at radius 2 is 1.88 bits per heavy atom. The summed E-state index contributed by atoms with van der Waals surface area (Å²) < 4.78 is 28.3. The summed E-state index contributed by atoms with van der Waals surface area (Å²) in [6, 6.07) is 3.59. The number of hydrogen-bond donors (Lipinski definition) is 2. The Bertz CT molecular complexity index is 543. The predicted molar refractivity (Wildman–Crippen MR) is 61.5 cm³/mol. The van der Waals surface area contributed by atoms with Crippen molar-refractivity contribution in [2.75, 3.05) is 11.6 Å². The summed E-state index contributed by atoms with van der Waals surface area (Å²) in [5, 5.41) is 0. The van der Waals surface area contributed by atoms with E-state index in [-0.39, 0.29) is 17.1 Å². The monoisotopic (exact) mass is 238 g/mol. The van der Waals surface area contributed by atoms with Gasteiger partial charge in [0.1, 0.15) is 23.2 Å². The molecule has 0 spiro atoms. The van der Waals surface area contributed by atoms with Crippen LogP contribution in [0.3, 0.4) is 0 Å².